The van der Waals surface area contributed by atoms with Crippen LogP contribution in [0, 0.1) is 0 Å². The number of hydrogen-bond acceptors (Lipinski definition) is 7. The molecule has 132 valence electrons. The monoisotopic (exact) mass is 355 g/mol. The SMILES string of the molecule is CCOC(=O)Oc1ccc(C(=O)ON2C(=O)c3ccccc3C2=O)cc1. The summed E-state index contributed by atoms with van der Waals surface area (Å²) < 4.78 is 9.50. The average molecular weight is 355 g/mol. The Morgan fingerprint density at radius 3 is 2.04 bits per heavy atom. The third-order valence-electron chi connectivity index (χ3n) is 3.48. The minimum atomic E-state index is -0.901. The van der Waals surface area contributed by atoms with Crippen LogP contribution in [0.1, 0.15) is 38.0 Å². The molecular weight excluding hydrogens is 342 g/mol. The second-order valence-corrected chi connectivity index (χ2v) is 5.14. The van der Waals surface area contributed by atoms with E-state index < -0.39 is 23.9 Å². The Kier molecular flexibility index (Phi) is 4.66. The third kappa shape index (κ3) is 3.25. The van der Waals surface area contributed by atoms with Gasteiger partial charge in [0.1, 0.15) is 5.75 Å². The fraction of sp³-hybridized carbons (Fsp3) is 0.111. The summed E-state index contributed by atoms with van der Waals surface area (Å²) >= 11 is 0. The topological polar surface area (TPSA) is 99.2 Å². The molecule has 0 saturated heterocycles. The van der Waals surface area contributed by atoms with E-state index in [1.165, 1.54) is 36.4 Å². The third-order valence-corrected chi connectivity index (χ3v) is 3.48. The van der Waals surface area contributed by atoms with Gasteiger partial charge in [-0.15, -0.1) is 0 Å². The van der Waals surface area contributed by atoms with Crippen molar-refractivity contribution in [1.82, 2.24) is 5.06 Å². The van der Waals surface area contributed by atoms with Crippen molar-refractivity contribution in [3.63, 3.8) is 0 Å². The number of imide groups is 1. The molecule has 0 aromatic heterocycles. The first-order valence-corrected chi connectivity index (χ1v) is 7.66. The number of benzene rings is 2. The Labute approximate surface area is 147 Å². The van der Waals surface area contributed by atoms with Crippen molar-refractivity contribution in [2.45, 2.75) is 6.92 Å². The number of rotatable bonds is 4. The van der Waals surface area contributed by atoms with Gasteiger partial charge in [0.05, 0.1) is 23.3 Å². The maximum atomic E-state index is 12.2. The van der Waals surface area contributed by atoms with E-state index in [0.717, 1.165) is 0 Å². The Balaban J connectivity index is 1.68. The number of fused-ring (bicyclic) bond motifs is 1. The lowest BCUT2D eigenvalue weighted by atomic mass is 10.1. The lowest BCUT2D eigenvalue weighted by Gasteiger charge is -2.12. The largest absolute Gasteiger partial charge is 0.513 e. The second kappa shape index (κ2) is 7.06. The predicted molar refractivity (Wildman–Crippen MR) is 86.4 cm³/mol. The number of ether oxygens (including phenoxy) is 2. The minimum absolute atomic E-state index is 0.0674. The molecule has 0 atom stereocenters. The predicted octanol–water partition coefficient (Wildman–Crippen LogP) is 2.59. The highest BCUT2D eigenvalue weighted by Crippen LogP contribution is 2.23. The molecule has 8 nitrogen and oxygen atoms in total. The van der Waals surface area contributed by atoms with Crippen molar-refractivity contribution in [2.24, 2.45) is 0 Å². The highest BCUT2D eigenvalue weighted by Gasteiger charge is 2.38. The zero-order valence-corrected chi connectivity index (χ0v) is 13.6. The molecular formula is C18H13NO7. The van der Waals surface area contributed by atoms with Crippen molar-refractivity contribution in [2.75, 3.05) is 6.61 Å². The van der Waals surface area contributed by atoms with Crippen molar-refractivity contribution >= 4 is 23.9 Å². The van der Waals surface area contributed by atoms with Crippen LogP contribution in [0.15, 0.2) is 48.5 Å². The van der Waals surface area contributed by atoms with Crippen LogP contribution in [0.5, 0.6) is 5.75 Å². The van der Waals surface area contributed by atoms with Gasteiger partial charge in [-0.25, -0.2) is 9.59 Å². The number of carbonyl (C=O) groups excluding carboxylic acids is 4. The summed E-state index contributed by atoms with van der Waals surface area (Å²) in [5, 5.41) is 0.427. The number of hydroxylamine groups is 2. The second-order valence-electron chi connectivity index (χ2n) is 5.14. The van der Waals surface area contributed by atoms with Gasteiger partial charge in [0.25, 0.3) is 11.8 Å². The Morgan fingerprint density at radius 1 is 0.923 bits per heavy atom. The summed E-state index contributed by atoms with van der Waals surface area (Å²) in [6.07, 6.45) is -0.867. The number of hydrogen-bond donors (Lipinski definition) is 0. The van der Waals surface area contributed by atoms with Crippen LogP contribution >= 0.6 is 0 Å². The molecule has 3 rings (SSSR count). The van der Waals surface area contributed by atoms with E-state index in [4.69, 9.17) is 9.57 Å². The van der Waals surface area contributed by atoms with E-state index in [1.54, 1.807) is 19.1 Å². The fourth-order valence-corrected chi connectivity index (χ4v) is 2.29. The maximum absolute atomic E-state index is 12.2. The van der Waals surface area contributed by atoms with Crippen LogP contribution in [0.2, 0.25) is 0 Å². The molecule has 0 aliphatic carbocycles. The quantitative estimate of drug-likeness (QED) is 0.472. The van der Waals surface area contributed by atoms with Crippen LogP contribution in [0.4, 0.5) is 4.79 Å². The molecule has 26 heavy (non-hydrogen) atoms. The van der Waals surface area contributed by atoms with E-state index in [9.17, 15) is 19.2 Å². The molecule has 0 unspecified atom stereocenters. The summed E-state index contributed by atoms with van der Waals surface area (Å²) in [5.74, 6) is -2.15. The first-order chi connectivity index (χ1) is 12.5. The van der Waals surface area contributed by atoms with Gasteiger partial charge < -0.3 is 14.3 Å². The lowest BCUT2D eigenvalue weighted by molar-refractivity contribution is -0.0584. The zero-order valence-electron chi connectivity index (χ0n) is 13.6. The molecule has 1 aliphatic rings. The van der Waals surface area contributed by atoms with Crippen LogP contribution in [0.25, 0.3) is 0 Å². The van der Waals surface area contributed by atoms with Crippen LogP contribution in [0.3, 0.4) is 0 Å². The number of amides is 2. The van der Waals surface area contributed by atoms with Crippen LogP contribution in [-0.2, 0) is 9.57 Å². The van der Waals surface area contributed by atoms with Crippen molar-refractivity contribution < 1.29 is 33.5 Å². The summed E-state index contributed by atoms with van der Waals surface area (Å²) in [6.45, 7) is 1.81. The Morgan fingerprint density at radius 2 is 1.50 bits per heavy atom. The Bertz CT molecular complexity index is 854. The molecule has 1 aliphatic heterocycles. The van der Waals surface area contributed by atoms with Crippen molar-refractivity contribution in [1.29, 1.82) is 0 Å². The number of nitrogens with zero attached hydrogens (tertiary/aromatic N) is 1. The van der Waals surface area contributed by atoms with Gasteiger partial charge >= 0.3 is 12.1 Å². The van der Waals surface area contributed by atoms with Gasteiger partial charge in [-0.3, -0.25) is 9.59 Å². The van der Waals surface area contributed by atoms with Crippen molar-refractivity contribution in [3.05, 3.63) is 65.2 Å². The van der Waals surface area contributed by atoms with E-state index in [0.29, 0.717) is 5.06 Å². The van der Waals surface area contributed by atoms with Gasteiger partial charge in [0.2, 0.25) is 0 Å². The molecule has 0 bridgehead atoms. The molecule has 2 aromatic rings. The highest BCUT2D eigenvalue weighted by atomic mass is 16.7. The molecule has 0 radical (unpaired) electrons. The molecule has 8 heteroatoms. The highest BCUT2D eigenvalue weighted by molar-refractivity contribution is 6.21. The zero-order chi connectivity index (χ0) is 18.7. The fourth-order valence-electron chi connectivity index (χ4n) is 2.29. The van der Waals surface area contributed by atoms with Gasteiger partial charge in [0, 0.05) is 0 Å². The summed E-state index contributed by atoms with van der Waals surface area (Å²) in [5.41, 5.74) is 0.407. The van der Waals surface area contributed by atoms with E-state index in [2.05, 4.69) is 4.74 Å². The van der Waals surface area contributed by atoms with Gasteiger partial charge in [-0.2, -0.15) is 0 Å². The molecule has 0 fully saturated rings. The van der Waals surface area contributed by atoms with Gasteiger partial charge in [-0.1, -0.05) is 17.2 Å². The number of carbonyl (C=O) groups is 4. The average Bonchev–Trinajstić information content (AvgIpc) is 2.88. The first-order valence-electron chi connectivity index (χ1n) is 7.66. The van der Waals surface area contributed by atoms with Gasteiger partial charge in [-0.05, 0) is 43.3 Å². The van der Waals surface area contributed by atoms with Crippen LogP contribution in [-0.4, -0.2) is 35.6 Å². The summed E-state index contributed by atoms with van der Waals surface area (Å²) in [4.78, 5) is 52.7. The molecule has 0 N–H and O–H groups in total. The lowest BCUT2D eigenvalue weighted by Crippen LogP contribution is -2.32. The molecule has 2 aromatic carbocycles. The standard InChI is InChI=1S/C18H13NO7/c1-2-24-18(23)25-12-9-7-11(8-10-12)17(22)26-19-15(20)13-5-3-4-6-14(13)16(19)21/h3-10H,2H2,1H3. The van der Waals surface area contributed by atoms with Crippen molar-refractivity contribution in [3.8, 4) is 5.75 Å². The van der Waals surface area contributed by atoms with E-state index in [-0.39, 0.29) is 29.0 Å². The Hall–Kier alpha value is -3.68. The summed E-state index contributed by atoms with van der Waals surface area (Å²) in [7, 11) is 0. The first kappa shape index (κ1) is 17.2. The smallest absolute Gasteiger partial charge is 0.434 e. The van der Waals surface area contributed by atoms with Crippen LogP contribution < -0.4 is 4.74 Å². The molecule has 1 heterocycles. The maximum Gasteiger partial charge on any atom is 0.513 e. The van der Waals surface area contributed by atoms with E-state index >= 15 is 0 Å². The molecule has 2 amide bonds. The minimum Gasteiger partial charge on any atom is -0.434 e. The molecule has 0 saturated carbocycles. The molecule has 0 spiro atoms. The summed E-state index contributed by atoms with van der Waals surface area (Å²) in [6, 6.07) is 11.5. The normalized spacial score (nSPS) is 12.6. The van der Waals surface area contributed by atoms with E-state index in [1.807, 2.05) is 0 Å². The van der Waals surface area contributed by atoms with Gasteiger partial charge in [0.15, 0.2) is 0 Å².